The standard InChI is InChI=1S/C10H6Cl2N4O3.C6H2Cl2FNO2.C4H5N3O.BH.U/c11-9-5(16(17)18)1-2-6(10(9)12)19-8-3-7(13)14-4-15-8;7-5-3(9)1-2-4(6(5)8)10(11)12;5-3-1-4(8)7-2-6-3;;/h1-4H,(H2,13,14,15);1-2H;1-2H,(H3,5,6,7,8);1H;/i;;;1D;. The maximum Gasteiger partial charge on any atom is 0.289 e. The quantitative estimate of drug-likeness (QED) is 0.109. The SMILES string of the molecule is Nc1cc(=O)[nH]cn1.Nc1cc(Oc2ccc([N+](=O)[O-])c(Cl)c2Cl)ncn1.O=[N+]([O-])c1ccc(F)c(Cl)c1Cl.[2H][B].[U]. The van der Waals surface area contributed by atoms with Crippen molar-refractivity contribution in [3.63, 3.8) is 0 Å². The van der Waals surface area contributed by atoms with Crippen LogP contribution in [0.15, 0.2) is 53.8 Å². The van der Waals surface area contributed by atoms with Crippen LogP contribution >= 0.6 is 46.4 Å². The molecule has 14 nitrogen and oxygen atoms in total. The normalized spacial score (nSPS) is 9.54. The molecule has 0 spiro atoms. The molecule has 0 atom stereocenters. The number of benzene rings is 2. The topological polar surface area (TPSA) is 219 Å². The molecule has 0 aliphatic rings. The zero-order valence-electron chi connectivity index (χ0n) is 20.9. The number of nitro benzene ring substituents is 2. The molecule has 2 heterocycles. The van der Waals surface area contributed by atoms with E-state index in [0.717, 1.165) is 12.1 Å². The minimum absolute atomic E-state index is 0. The smallest absolute Gasteiger partial charge is 0.289 e. The van der Waals surface area contributed by atoms with Gasteiger partial charge in [-0.15, -0.1) is 0 Å². The van der Waals surface area contributed by atoms with E-state index in [1.165, 1.54) is 36.9 Å². The van der Waals surface area contributed by atoms with Crippen LogP contribution in [0.1, 0.15) is 0 Å². The van der Waals surface area contributed by atoms with Crippen LogP contribution in [-0.4, -0.2) is 39.5 Å². The average molecular weight is 873 g/mol. The maximum atomic E-state index is 12.6. The first-order chi connectivity index (χ1) is 19.3. The summed E-state index contributed by atoms with van der Waals surface area (Å²) in [5.74, 6) is -0.0233. The third-order valence-corrected chi connectivity index (χ3v) is 5.72. The van der Waals surface area contributed by atoms with Crippen LogP contribution in [0.25, 0.3) is 0 Å². The molecule has 2 aromatic carbocycles. The number of hydrogen-bond donors (Lipinski definition) is 3. The summed E-state index contributed by atoms with van der Waals surface area (Å²) < 4.78 is 23.2. The second-order valence-electron chi connectivity index (χ2n) is 6.64. The van der Waals surface area contributed by atoms with Crippen LogP contribution < -0.4 is 21.8 Å². The van der Waals surface area contributed by atoms with Gasteiger partial charge >= 0.3 is 0 Å². The monoisotopic (exact) mass is 871 g/mol. The number of ether oxygens (including phenoxy) is 1. The van der Waals surface area contributed by atoms with Crippen molar-refractivity contribution in [2.75, 3.05) is 11.5 Å². The van der Waals surface area contributed by atoms with Gasteiger partial charge in [-0.05, 0) is 13.5 Å². The van der Waals surface area contributed by atoms with E-state index in [4.69, 9.17) is 63.9 Å². The largest absolute Gasteiger partial charge is 0.437 e. The molecule has 41 heavy (non-hydrogen) atoms. The Kier molecular flexibility index (Phi) is 15.4. The zero-order chi connectivity index (χ0) is 31.3. The van der Waals surface area contributed by atoms with Crippen LogP contribution in [0.2, 0.25) is 20.1 Å². The second kappa shape index (κ2) is 17.6. The van der Waals surface area contributed by atoms with E-state index in [9.17, 15) is 29.4 Å². The van der Waals surface area contributed by atoms with Gasteiger partial charge in [0.2, 0.25) is 5.88 Å². The van der Waals surface area contributed by atoms with E-state index >= 15 is 0 Å². The first kappa shape index (κ1) is 35.8. The van der Waals surface area contributed by atoms with Crippen molar-refractivity contribution in [3.05, 3.63) is 106 Å². The summed E-state index contributed by atoms with van der Waals surface area (Å²) in [7, 11) is 3.75. The molecule has 0 fully saturated rings. The Labute approximate surface area is 276 Å². The molecule has 5 N–H and O–H groups in total. The van der Waals surface area contributed by atoms with E-state index in [1.54, 1.807) is 0 Å². The number of rotatable bonds is 4. The molecule has 0 saturated carbocycles. The molecule has 4 rings (SSSR count). The van der Waals surface area contributed by atoms with Gasteiger partial charge in [0, 0.05) is 63.8 Å². The van der Waals surface area contributed by atoms with Gasteiger partial charge in [-0.2, -0.15) is 0 Å². The maximum absolute atomic E-state index is 12.6. The Bertz CT molecular complexity index is 1600. The molecule has 0 amide bonds. The van der Waals surface area contributed by atoms with E-state index < -0.39 is 26.4 Å². The number of halogens is 5. The third-order valence-electron chi connectivity index (χ3n) is 4.01. The van der Waals surface area contributed by atoms with Crippen LogP contribution in [0, 0.1) is 57.2 Å². The van der Waals surface area contributed by atoms with Gasteiger partial charge in [0.15, 0.2) is 0 Å². The number of nitrogens with zero attached hydrogens (tertiary/aromatic N) is 5. The average Bonchev–Trinajstić information content (AvgIpc) is 2.91. The molecule has 2 radical (unpaired) electrons. The van der Waals surface area contributed by atoms with Crippen LogP contribution in [0.4, 0.5) is 27.4 Å². The Hall–Kier alpha value is -3.19. The third kappa shape index (κ3) is 11.3. The number of anilines is 2. The minimum Gasteiger partial charge on any atom is -0.437 e. The van der Waals surface area contributed by atoms with Gasteiger partial charge in [-0.3, -0.25) is 25.0 Å². The molecule has 0 unspecified atom stereocenters. The number of nitrogens with one attached hydrogen (secondary N) is 1. The van der Waals surface area contributed by atoms with Gasteiger partial charge in [0.1, 0.15) is 49.6 Å². The van der Waals surface area contributed by atoms with E-state index in [0.29, 0.717) is 0 Å². The van der Waals surface area contributed by atoms with Gasteiger partial charge in [-0.1, -0.05) is 46.4 Å². The number of aromatic amines is 1. The molecule has 0 aliphatic carbocycles. The molecule has 4 aromatic rings. The van der Waals surface area contributed by atoms with Crippen molar-refractivity contribution < 1.29 is 50.1 Å². The summed E-state index contributed by atoms with van der Waals surface area (Å²) in [5.41, 5.74) is 9.66. The van der Waals surface area contributed by atoms with Crippen molar-refractivity contribution in [3.8, 4) is 11.6 Å². The van der Waals surface area contributed by atoms with Crippen LogP contribution in [0.5, 0.6) is 11.6 Å². The number of hydrogen-bond acceptors (Lipinski definition) is 11. The molecular weight excluding hydrogens is 858 g/mol. The fourth-order valence-electron chi connectivity index (χ4n) is 2.30. The first-order valence-corrected chi connectivity index (χ1v) is 11.3. The summed E-state index contributed by atoms with van der Waals surface area (Å²) in [6, 6.07) is 6.97. The fraction of sp³-hybridized carbons (Fsp3) is 0. The number of nitrogens with two attached hydrogens (primary N) is 2. The second-order valence-corrected chi connectivity index (χ2v) is 8.15. The molecule has 21 heteroatoms. The molecule has 0 bridgehead atoms. The first-order valence-electron chi connectivity index (χ1n) is 10.3. The van der Waals surface area contributed by atoms with Crippen molar-refractivity contribution in [1.29, 1.82) is 1.34 Å². The van der Waals surface area contributed by atoms with Crippen molar-refractivity contribution in [1.82, 2.24) is 19.9 Å². The Morgan fingerprint density at radius 3 is 1.90 bits per heavy atom. The van der Waals surface area contributed by atoms with Crippen molar-refractivity contribution in [2.24, 2.45) is 0 Å². The van der Waals surface area contributed by atoms with Crippen molar-refractivity contribution >= 4 is 77.8 Å². The van der Waals surface area contributed by atoms with Crippen LogP contribution in [0.3, 0.4) is 0 Å². The van der Waals surface area contributed by atoms with Crippen molar-refractivity contribution in [2.45, 2.75) is 0 Å². The summed E-state index contributed by atoms with van der Waals surface area (Å²) in [5, 5.41) is 19.8. The summed E-state index contributed by atoms with van der Waals surface area (Å²) >= 11 is 22.4. The number of nitro groups is 2. The predicted octanol–water partition coefficient (Wildman–Crippen LogP) is 4.81. The summed E-state index contributed by atoms with van der Waals surface area (Å²) in [4.78, 5) is 43.2. The molecular formula is C20H14BCl4FN8O6U. The molecule has 212 valence electrons. The molecule has 0 saturated heterocycles. The van der Waals surface area contributed by atoms with Gasteiger partial charge in [0.05, 0.1) is 16.2 Å². The Balaban J connectivity index is 0.000000627. The number of nitrogen functional groups attached to an aromatic ring is 2. The fourth-order valence-corrected chi connectivity index (χ4v) is 3.11. The van der Waals surface area contributed by atoms with E-state index in [-0.39, 0.29) is 80.7 Å². The van der Waals surface area contributed by atoms with E-state index in [1.807, 2.05) is 0 Å². The summed E-state index contributed by atoms with van der Waals surface area (Å²) in [6.45, 7) is 0. The van der Waals surface area contributed by atoms with Crippen LogP contribution in [-0.2, 0) is 0 Å². The molecule has 2 aromatic heterocycles. The minimum atomic E-state index is -0.771. The molecule has 0 aliphatic heterocycles. The summed E-state index contributed by atoms with van der Waals surface area (Å²) in [6.07, 6.45) is 2.48. The Morgan fingerprint density at radius 2 is 1.41 bits per heavy atom. The van der Waals surface area contributed by atoms with Gasteiger partial charge < -0.3 is 21.2 Å². The predicted molar refractivity (Wildman–Crippen MR) is 149 cm³/mol. The number of H-pyrrole nitrogens is 1. The van der Waals surface area contributed by atoms with Gasteiger partial charge in [0.25, 0.3) is 16.9 Å². The Morgan fingerprint density at radius 1 is 0.878 bits per heavy atom. The zero-order valence-corrected chi connectivity index (χ0v) is 27.1. The van der Waals surface area contributed by atoms with Gasteiger partial charge in [-0.25, -0.2) is 19.3 Å². The number of aromatic nitrogens is 4. The van der Waals surface area contributed by atoms with E-state index in [2.05, 4.69) is 28.3 Å².